The van der Waals surface area contributed by atoms with Crippen molar-refractivity contribution < 1.29 is 19.1 Å². The fourth-order valence-corrected chi connectivity index (χ4v) is 4.25. The molecule has 166 valence electrons. The Bertz CT molecular complexity index is 995. The molecule has 0 N–H and O–H groups in total. The van der Waals surface area contributed by atoms with Gasteiger partial charge in [0.2, 0.25) is 5.91 Å². The molecule has 8 nitrogen and oxygen atoms in total. The van der Waals surface area contributed by atoms with Crippen molar-refractivity contribution in [3.8, 4) is 11.1 Å². The number of anilines is 2. The average molecular weight is 427 g/mol. The molecule has 0 bridgehead atoms. The maximum Gasteiger partial charge on any atom is 0.414 e. The highest BCUT2D eigenvalue weighted by Crippen LogP contribution is 2.39. The quantitative estimate of drug-likeness (QED) is 0.745. The van der Waals surface area contributed by atoms with Gasteiger partial charge in [-0.3, -0.25) is 14.4 Å². The molecule has 0 unspecified atom stereocenters. The van der Waals surface area contributed by atoms with Gasteiger partial charge in [-0.15, -0.1) is 0 Å². The Morgan fingerprint density at radius 1 is 1.26 bits per heavy atom. The van der Waals surface area contributed by atoms with Crippen molar-refractivity contribution in [3.63, 3.8) is 0 Å². The van der Waals surface area contributed by atoms with Crippen LogP contribution >= 0.6 is 0 Å². The van der Waals surface area contributed by atoms with Crippen molar-refractivity contribution >= 4 is 23.4 Å². The third-order valence-corrected chi connectivity index (χ3v) is 5.72. The smallest absolute Gasteiger partial charge is 0.414 e. The fourth-order valence-electron chi connectivity index (χ4n) is 4.25. The predicted octanol–water partition coefficient (Wildman–Crippen LogP) is 3.69. The van der Waals surface area contributed by atoms with Gasteiger partial charge in [0, 0.05) is 30.6 Å². The van der Waals surface area contributed by atoms with Gasteiger partial charge >= 0.3 is 6.09 Å². The Hall–Kier alpha value is -2.87. The number of nitrogens with zero attached hydrogens (tertiary/aromatic N) is 4. The third kappa shape index (κ3) is 4.17. The average Bonchev–Trinajstić information content (AvgIpc) is 3.13. The topological polar surface area (TPSA) is 76.9 Å². The van der Waals surface area contributed by atoms with E-state index in [0.29, 0.717) is 17.9 Å². The summed E-state index contributed by atoms with van der Waals surface area (Å²) in [5.74, 6) is -0.0536. The number of carbonyl (C=O) groups is 2. The maximum absolute atomic E-state index is 12.8. The van der Waals surface area contributed by atoms with E-state index in [1.807, 2.05) is 56.0 Å². The van der Waals surface area contributed by atoms with Gasteiger partial charge in [0.1, 0.15) is 0 Å². The first-order chi connectivity index (χ1) is 14.7. The monoisotopic (exact) mass is 426 g/mol. The number of ether oxygens (including phenoxy) is 2. The van der Waals surface area contributed by atoms with Gasteiger partial charge in [0.25, 0.3) is 0 Å². The van der Waals surface area contributed by atoms with E-state index in [4.69, 9.17) is 9.47 Å². The molecule has 1 aromatic carbocycles. The van der Waals surface area contributed by atoms with Gasteiger partial charge in [-0.25, -0.2) is 4.79 Å². The number of benzene rings is 1. The highest BCUT2D eigenvalue weighted by molar-refractivity contribution is 6.03. The summed E-state index contributed by atoms with van der Waals surface area (Å²) in [6.07, 6.45) is 3.21. The SMILES string of the molecule is CC(=O)N1c2ccc(-c3cnn(CC4(C)COC4)c3)cc2N(C(=O)OC(C)C)C[C@@H]1C. The van der Waals surface area contributed by atoms with E-state index < -0.39 is 6.09 Å². The van der Waals surface area contributed by atoms with E-state index >= 15 is 0 Å². The molecule has 0 radical (unpaired) electrons. The van der Waals surface area contributed by atoms with Gasteiger partial charge in [0.05, 0.1) is 49.5 Å². The lowest BCUT2D eigenvalue weighted by atomic mass is 9.89. The predicted molar refractivity (Wildman–Crippen MR) is 118 cm³/mol. The van der Waals surface area contributed by atoms with Crippen molar-refractivity contribution in [2.45, 2.75) is 53.3 Å². The van der Waals surface area contributed by atoms with Gasteiger partial charge in [-0.05, 0) is 38.5 Å². The second-order valence-electron chi connectivity index (χ2n) is 9.21. The molecule has 1 atom stereocenters. The van der Waals surface area contributed by atoms with E-state index in [1.165, 1.54) is 0 Å². The van der Waals surface area contributed by atoms with E-state index in [-0.39, 0.29) is 23.5 Å². The van der Waals surface area contributed by atoms with Crippen LogP contribution in [0, 0.1) is 5.41 Å². The number of fused-ring (bicyclic) bond motifs is 1. The number of hydrogen-bond acceptors (Lipinski definition) is 5. The second kappa shape index (κ2) is 8.00. The van der Waals surface area contributed by atoms with Crippen LogP contribution in [0.1, 0.15) is 34.6 Å². The summed E-state index contributed by atoms with van der Waals surface area (Å²) in [5, 5.41) is 4.51. The molecule has 1 aromatic heterocycles. The second-order valence-corrected chi connectivity index (χ2v) is 9.21. The van der Waals surface area contributed by atoms with Crippen LogP contribution in [0.25, 0.3) is 11.1 Å². The van der Waals surface area contributed by atoms with Crippen LogP contribution in [0.3, 0.4) is 0 Å². The van der Waals surface area contributed by atoms with Gasteiger partial charge in [0.15, 0.2) is 0 Å². The number of rotatable bonds is 4. The van der Waals surface area contributed by atoms with E-state index in [9.17, 15) is 9.59 Å². The maximum atomic E-state index is 12.8. The fraction of sp³-hybridized carbons (Fsp3) is 0.522. The zero-order chi connectivity index (χ0) is 22.3. The molecule has 4 rings (SSSR count). The lowest BCUT2D eigenvalue weighted by Crippen LogP contribution is -2.51. The molecule has 2 aliphatic rings. The lowest BCUT2D eigenvalue weighted by Gasteiger charge is -2.40. The van der Waals surface area contributed by atoms with Gasteiger partial charge in [-0.1, -0.05) is 13.0 Å². The minimum atomic E-state index is -0.406. The molecular formula is C23H30N4O4. The van der Waals surface area contributed by atoms with Crippen molar-refractivity contribution in [2.75, 3.05) is 29.6 Å². The number of amides is 2. The highest BCUT2D eigenvalue weighted by atomic mass is 16.6. The molecule has 31 heavy (non-hydrogen) atoms. The van der Waals surface area contributed by atoms with Crippen LogP contribution in [0.5, 0.6) is 0 Å². The van der Waals surface area contributed by atoms with Gasteiger partial charge in [-0.2, -0.15) is 5.10 Å². The summed E-state index contributed by atoms with van der Waals surface area (Å²) >= 11 is 0. The molecular weight excluding hydrogens is 396 g/mol. The van der Waals surface area contributed by atoms with Crippen LogP contribution in [0.4, 0.5) is 16.2 Å². The minimum absolute atomic E-state index is 0.0536. The van der Waals surface area contributed by atoms with Crippen molar-refractivity contribution in [3.05, 3.63) is 30.6 Å². The molecule has 0 spiro atoms. The Kier molecular flexibility index (Phi) is 5.51. The Balaban J connectivity index is 1.69. The minimum Gasteiger partial charge on any atom is -0.446 e. The molecule has 1 fully saturated rings. The molecule has 0 aliphatic carbocycles. The third-order valence-electron chi connectivity index (χ3n) is 5.72. The summed E-state index contributed by atoms with van der Waals surface area (Å²) in [5.41, 5.74) is 3.39. The van der Waals surface area contributed by atoms with Crippen molar-refractivity contribution in [1.29, 1.82) is 0 Å². The normalized spacial score (nSPS) is 19.7. The van der Waals surface area contributed by atoms with Crippen LogP contribution in [0.15, 0.2) is 30.6 Å². The zero-order valence-corrected chi connectivity index (χ0v) is 18.8. The molecule has 2 aliphatic heterocycles. The zero-order valence-electron chi connectivity index (χ0n) is 18.8. The molecule has 2 aromatic rings. The van der Waals surface area contributed by atoms with Crippen LogP contribution < -0.4 is 9.80 Å². The summed E-state index contributed by atoms with van der Waals surface area (Å²) < 4.78 is 12.7. The molecule has 8 heteroatoms. The largest absolute Gasteiger partial charge is 0.446 e. The summed E-state index contributed by atoms with van der Waals surface area (Å²) in [6, 6.07) is 5.65. The van der Waals surface area contributed by atoms with Gasteiger partial charge < -0.3 is 14.4 Å². The number of aromatic nitrogens is 2. The Morgan fingerprint density at radius 2 is 2.00 bits per heavy atom. The van der Waals surface area contributed by atoms with Crippen LogP contribution in [-0.2, 0) is 20.8 Å². The summed E-state index contributed by atoms with van der Waals surface area (Å²) in [6.45, 7) is 12.0. The number of carbonyl (C=O) groups excluding carboxylic acids is 2. The molecule has 0 saturated carbocycles. The summed E-state index contributed by atoms with van der Waals surface area (Å²) in [7, 11) is 0. The first-order valence-electron chi connectivity index (χ1n) is 10.7. The lowest BCUT2D eigenvalue weighted by molar-refractivity contribution is -0.117. The Morgan fingerprint density at radius 3 is 2.61 bits per heavy atom. The van der Waals surface area contributed by atoms with Crippen molar-refractivity contribution in [2.24, 2.45) is 5.41 Å². The first kappa shape index (κ1) is 21.4. The van der Waals surface area contributed by atoms with Crippen LogP contribution in [-0.4, -0.2) is 53.7 Å². The summed E-state index contributed by atoms with van der Waals surface area (Å²) in [4.78, 5) is 28.5. The standard InChI is InChI=1S/C23H30N4O4/c1-15(2)31-22(29)26-10-16(3)27(17(4)28)20-7-6-18(8-21(20)26)19-9-24-25(11-19)12-23(5)13-30-14-23/h6-9,11,15-16H,10,12-14H2,1-5H3/t16-/m0/s1. The first-order valence-corrected chi connectivity index (χ1v) is 10.7. The highest BCUT2D eigenvalue weighted by Gasteiger charge is 2.36. The van der Waals surface area contributed by atoms with Crippen molar-refractivity contribution in [1.82, 2.24) is 9.78 Å². The van der Waals surface area contributed by atoms with E-state index in [0.717, 1.165) is 30.9 Å². The molecule has 2 amide bonds. The van der Waals surface area contributed by atoms with E-state index in [2.05, 4.69) is 12.0 Å². The molecule has 1 saturated heterocycles. The van der Waals surface area contributed by atoms with Crippen LogP contribution in [0.2, 0.25) is 0 Å². The number of hydrogen-bond donors (Lipinski definition) is 0. The molecule has 3 heterocycles. The Labute approximate surface area is 182 Å². The van der Waals surface area contributed by atoms with E-state index in [1.54, 1.807) is 16.7 Å².